The van der Waals surface area contributed by atoms with Crippen LogP contribution in [0.15, 0.2) is 0 Å². The topological polar surface area (TPSA) is 0 Å². The Labute approximate surface area is 119 Å². The van der Waals surface area contributed by atoms with Crippen molar-refractivity contribution in [2.45, 2.75) is 0 Å². The standard InChI is InChI=1S/Co.Li.Mg.Mn.Na.Ni.4H. The third-order valence-electron chi connectivity index (χ3n) is 0. The molecule has 0 spiro atoms. The molecule has 6 heavy (non-hydrogen) atoms. The van der Waals surface area contributed by atoms with Gasteiger partial charge in [-0.2, -0.15) is 0 Å². The maximum absolute atomic E-state index is 0. The minimum absolute atomic E-state index is 0. The van der Waals surface area contributed by atoms with Gasteiger partial charge in [-0.15, -0.1) is 0 Å². The minimum atomic E-state index is 0. The Balaban J connectivity index is 0. The molecule has 0 unspecified atom stereocenters. The maximum atomic E-state index is 0. The van der Waals surface area contributed by atoms with Crippen LogP contribution in [-0.2, 0) is 50.3 Å². The van der Waals surface area contributed by atoms with Crippen LogP contribution < -0.4 is 0 Å². The molecule has 0 bridgehead atoms. The molecule has 0 nitrogen and oxygen atoms in total. The van der Waals surface area contributed by atoms with E-state index in [1.807, 2.05) is 0 Å². The average molecular weight is 231 g/mol. The molecule has 0 saturated carbocycles. The van der Waals surface area contributed by atoms with Gasteiger partial charge in [-0.25, -0.2) is 0 Å². The second kappa shape index (κ2) is 36.6. The molecule has 0 atom stereocenters. The second-order valence-electron chi connectivity index (χ2n) is 0. The Hall–Kier alpha value is 3.88. The monoisotopic (exact) mass is 230 g/mol. The fraction of sp³-hybridized carbons (Fsp3) is 0. The van der Waals surface area contributed by atoms with Crippen molar-refractivity contribution in [3.05, 3.63) is 0 Å². The molecule has 0 aliphatic rings. The number of hydrogen-bond donors (Lipinski definition) is 0. The van der Waals surface area contributed by atoms with E-state index in [9.17, 15) is 0 Å². The van der Waals surface area contributed by atoms with Crippen LogP contribution in [0.5, 0.6) is 0 Å². The van der Waals surface area contributed by atoms with Crippen molar-refractivity contribution in [2.75, 3.05) is 0 Å². The summed E-state index contributed by atoms with van der Waals surface area (Å²) in [5, 5.41) is 0. The van der Waals surface area contributed by atoms with E-state index in [4.69, 9.17) is 0 Å². The van der Waals surface area contributed by atoms with Gasteiger partial charge in [-0.1, -0.05) is 0 Å². The summed E-state index contributed by atoms with van der Waals surface area (Å²) in [5.41, 5.74) is 0. The van der Waals surface area contributed by atoms with Gasteiger partial charge in [-0.05, 0) is 0 Å². The molecule has 0 N–H and O–H groups in total. The van der Waals surface area contributed by atoms with Crippen LogP contribution in [0.3, 0.4) is 0 Å². The van der Waals surface area contributed by atoms with Crippen molar-refractivity contribution in [3.8, 4) is 0 Å². The van der Waals surface area contributed by atoms with Crippen LogP contribution in [-0.4, -0.2) is 71.5 Å². The van der Waals surface area contributed by atoms with Crippen molar-refractivity contribution in [2.24, 2.45) is 0 Å². The first-order valence-electron chi connectivity index (χ1n) is 0. The van der Waals surface area contributed by atoms with E-state index in [0.29, 0.717) is 0 Å². The van der Waals surface area contributed by atoms with Crippen molar-refractivity contribution >= 4 is 71.5 Å². The predicted molar refractivity (Wildman–Crippen MR) is 22.8 cm³/mol. The third kappa shape index (κ3) is 24.8. The normalized spacial score (nSPS) is 0. The summed E-state index contributed by atoms with van der Waals surface area (Å²) in [7, 11) is 0. The van der Waals surface area contributed by atoms with E-state index >= 15 is 0 Å². The van der Waals surface area contributed by atoms with Crippen molar-refractivity contribution in [1.29, 1.82) is 0 Å². The first-order valence-corrected chi connectivity index (χ1v) is 0. The molecule has 0 saturated heterocycles. The Morgan fingerprint density at radius 3 is 1.00 bits per heavy atom. The molecule has 0 amide bonds. The summed E-state index contributed by atoms with van der Waals surface area (Å²) in [6.45, 7) is 0. The largest absolute Gasteiger partial charge is 0 e. The Bertz CT molecular complexity index is 15.5. The first kappa shape index (κ1) is 51.7. The first-order chi connectivity index (χ1) is 0. The summed E-state index contributed by atoms with van der Waals surface area (Å²) >= 11 is 0. The quantitative estimate of drug-likeness (QED) is 0.414. The summed E-state index contributed by atoms with van der Waals surface area (Å²) in [6.07, 6.45) is 0. The summed E-state index contributed by atoms with van der Waals surface area (Å²) in [6, 6.07) is 0. The van der Waals surface area contributed by atoms with E-state index in [-0.39, 0.29) is 122 Å². The molecule has 0 aromatic carbocycles. The molecule has 0 aromatic heterocycles. The van der Waals surface area contributed by atoms with Crippen LogP contribution >= 0.6 is 0 Å². The Morgan fingerprint density at radius 1 is 1.00 bits per heavy atom. The van der Waals surface area contributed by atoms with Gasteiger partial charge in [0.05, 0.1) is 0 Å². The van der Waals surface area contributed by atoms with E-state index in [2.05, 4.69) is 0 Å². The molecule has 0 aliphatic carbocycles. The third-order valence-corrected chi connectivity index (χ3v) is 0. The molecule has 0 fully saturated rings. The van der Waals surface area contributed by atoms with Crippen LogP contribution in [0.25, 0.3) is 0 Å². The molecule has 34 valence electrons. The second-order valence-corrected chi connectivity index (χ2v) is 0. The zero-order valence-corrected chi connectivity index (χ0v) is 4.24. The molecule has 0 heterocycles. The van der Waals surface area contributed by atoms with Gasteiger partial charge >= 0.3 is 71.5 Å². The molecule has 6 heteroatoms. The van der Waals surface area contributed by atoms with Crippen molar-refractivity contribution in [3.63, 3.8) is 0 Å². The van der Waals surface area contributed by atoms with Gasteiger partial charge in [0, 0.05) is 50.3 Å². The van der Waals surface area contributed by atoms with E-state index in [1.54, 1.807) is 0 Å². The van der Waals surface area contributed by atoms with E-state index < -0.39 is 0 Å². The van der Waals surface area contributed by atoms with Crippen LogP contribution in [0.1, 0.15) is 0 Å². The van der Waals surface area contributed by atoms with Gasteiger partial charge in [-0.3, -0.25) is 0 Å². The van der Waals surface area contributed by atoms with Gasteiger partial charge in [0.15, 0.2) is 0 Å². The zero-order valence-electron chi connectivity index (χ0n) is 1.03. The van der Waals surface area contributed by atoms with Crippen LogP contribution in [0, 0.1) is 0 Å². The van der Waals surface area contributed by atoms with Crippen LogP contribution in [0.4, 0.5) is 0 Å². The molecule has 0 aromatic rings. The predicted octanol–water partition coefficient (Wildman–Crippen LogP) is -2.22. The SMILES string of the molecule is [Co].[LiH].[MgH2].[Mn].[NaH].[Ni]. The Morgan fingerprint density at radius 2 is 1.00 bits per heavy atom. The Kier molecular flexibility index (Phi) is 316. The van der Waals surface area contributed by atoms with E-state index in [1.165, 1.54) is 0 Å². The average Bonchev–Trinajstić information content (AvgIpc) is 0. The van der Waals surface area contributed by atoms with Crippen molar-refractivity contribution in [1.82, 2.24) is 0 Å². The maximum Gasteiger partial charge on any atom is 0 e. The van der Waals surface area contributed by atoms with Gasteiger partial charge in [0.2, 0.25) is 0 Å². The summed E-state index contributed by atoms with van der Waals surface area (Å²) < 4.78 is 0. The fourth-order valence-corrected chi connectivity index (χ4v) is 0. The minimum Gasteiger partial charge on any atom is 0 e. The summed E-state index contributed by atoms with van der Waals surface area (Å²) in [5.74, 6) is 0. The van der Waals surface area contributed by atoms with Gasteiger partial charge in [0.1, 0.15) is 0 Å². The smallest absolute Gasteiger partial charge is 0 e. The number of hydrogen-bond acceptors (Lipinski definition) is 0. The molecule has 2 radical (unpaired) electrons. The van der Waals surface area contributed by atoms with E-state index in [0.717, 1.165) is 0 Å². The van der Waals surface area contributed by atoms with Crippen molar-refractivity contribution < 1.29 is 50.3 Å². The summed E-state index contributed by atoms with van der Waals surface area (Å²) in [4.78, 5) is 0. The van der Waals surface area contributed by atoms with Gasteiger partial charge in [0.25, 0.3) is 0 Å². The molecule has 0 rings (SSSR count). The molecule has 0 aliphatic heterocycles. The molecular formula is H4CoLiMgMnNaNi. The molecular weight excluding hydrogens is 227 g/mol. The number of rotatable bonds is 0. The van der Waals surface area contributed by atoms with Gasteiger partial charge < -0.3 is 0 Å². The van der Waals surface area contributed by atoms with Crippen LogP contribution in [0.2, 0.25) is 0 Å². The fourth-order valence-electron chi connectivity index (χ4n) is 0. The zero-order chi connectivity index (χ0) is 0.